The first kappa shape index (κ1) is 53.7. The summed E-state index contributed by atoms with van der Waals surface area (Å²) < 4.78 is 55.4. The van der Waals surface area contributed by atoms with Crippen LogP contribution in [-0.4, -0.2) is 131 Å². The maximum absolute atomic E-state index is 13.3. The molecule has 0 bridgehead atoms. The molecule has 348 valence electrons. The molecule has 62 heavy (non-hydrogen) atoms. The fourth-order valence-electron chi connectivity index (χ4n) is 5.30. The number of nitrogens with one attached hydrogen (secondary N) is 1. The van der Waals surface area contributed by atoms with E-state index in [9.17, 15) is 24.0 Å². The molecular weight excluding hydrogens is 806 g/mol. The largest absolute Gasteiger partial charge is 0.460 e. The number of rotatable bonds is 29. The molecule has 2 rings (SSSR count). The minimum absolute atomic E-state index is 0.0367. The van der Waals surface area contributed by atoms with Crippen LogP contribution in [0.15, 0.2) is 54.6 Å². The molecule has 0 atom stereocenters. The van der Waals surface area contributed by atoms with Crippen LogP contribution < -0.4 is 5.32 Å². The van der Waals surface area contributed by atoms with Crippen molar-refractivity contribution in [2.24, 2.45) is 0 Å². The molecule has 0 saturated carbocycles. The van der Waals surface area contributed by atoms with Crippen molar-refractivity contribution in [3.8, 4) is 11.1 Å². The highest BCUT2D eigenvalue weighted by molar-refractivity contribution is 5.78. The number of carbonyl (C=O) groups is 5. The van der Waals surface area contributed by atoms with Crippen LogP contribution in [0.4, 0.5) is 0 Å². The second-order valence-electron chi connectivity index (χ2n) is 17.4. The molecule has 16 nitrogen and oxygen atoms in total. The second-order valence-corrected chi connectivity index (χ2v) is 17.4. The van der Waals surface area contributed by atoms with Gasteiger partial charge in [-0.25, -0.2) is 4.79 Å². The molecule has 0 saturated heterocycles. The van der Waals surface area contributed by atoms with Gasteiger partial charge < -0.3 is 52.7 Å². The van der Waals surface area contributed by atoms with Gasteiger partial charge in [0.15, 0.2) is 0 Å². The van der Waals surface area contributed by atoms with Gasteiger partial charge in [-0.2, -0.15) is 0 Å². The summed E-state index contributed by atoms with van der Waals surface area (Å²) in [7, 11) is 0. The van der Waals surface area contributed by atoms with Crippen LogP contribution in [0, 0.1) is 0 Å². The molecule has 0 fully saturated rings. The van der Waals surface area contributed by atoms with E-state index in [0.717, 1.165) is 16.7 Å². The Labute approximate surface area is 366 Å². The van der Waals surface area contributed by atoms with E-state index in [1.807, 2.05) is 54.6 Å². The fraction of sp³-hybridized carbons (Fsp3) is 0.630. The smallest absolute Gasteiger partial charge is 0.332 e. The lowest BCUT2D eigenvalue weighted by atomic mass is 10.0. The topological polar surface area (TPSA) is 190 Å². The molecule has 0 aliphatic rings. The zero-order valence-corrected chi connectivity index (χ0v) is 38.1. The minimum Gasteiger partial charge on any atom is -0.460 e. The molecule has 0 spiro atoms. The first-order chi connectivity index (χ1) is 29.1. The predicted molar refractivity (Wildman–Crippen MR) is 229 cm³/mol. The highest BCUT2D eigenvalue weighted by atomic mass is 16.6. The van der Waals surface area contributed by atoms with Crippen LogP contribution in [0.2, 0.25) is 0 Å². The summed E-state index contributed by atoms with van der Waals surface area (Å²) in [5.41, 5.74) is -0.329. The van der Waals surface area contributed by atoms with Gasteiger partial charge in [-0.05, 0) is 79.0 Å². The van der Waals surface area contributed by atoms with Crippen molar-refractivity contribution < 1.29 is 71.3 Å². The van der Waals surface area contributed by atoms with Gasteiger partial charge >= 0.3 is 23.9 Å². The van der Waals surface area contributed by atoms with Crippen LogP contribution in [0.5, 0.6) is 0 Å². The average molecular weight is 876 g/mol. The molecule has 2 aromatic rings. The van der Waals surface area contributed by atoms with Crippen molar-refractivity contribution in [3.63, 3.8) is 0 Å². The van der Waals surface area contributed by atoms with Crippen LogP contribution in [0.1, 0.15) is 87.1 Å². The quantitative estimate of drug-likeness (QED) is 0.0608. The zero-order chi connectivity index (χ0) is 46.1. The number of hydrogen-bond donors (Lipinski definition) is 1. The van der Waals surface area contributed by atoms with E-state index in [1.165, 1.54) is 0 Å². The molecule has 0 radical (unpaired) electrons. The van der Waals surface area contributed by atoms with E-state index in [1.54, 1.807) is 62.3 Å². The molecule has 1 amide bonds. The SMILES string of the molecule is CC(C)(C)OC(=O)CCOCC(COCCC(=O)OC(C)(C)C)(COCCC(=O)OC(C)(C)C)NC(=O)COCCOCCOCC(=O)OCc1ccc(-c2ccccc2)cc1. The van der Waals surface area contributed by atoms with E-state index in [0.29, 0.717) is 0 Å². The third-order valence-corrected chi connectivity index (χ3v) is 7.81. The lowest BCUT2D eigenvalue weighted by Gasteiger charge is -2.34. The highest BCUT2D eigenvalue weighted by Gasteiger charge is 2.34. The number of carbonyl (C=O) groups excluding carboxylic acids is 5. The lowest BCUT2D eigenvalue weighted by molar-refractivity contribution is -0.157. The average Bonchev–Trinajstić information content (AvgIpc) is 3.17. The van der Waals surface area contributed by atoms with Gasteiger partial charge in [0.25, 0.3) is 0 Å². The zero-order valence-electron chi connectivity index (χ0n) is 38.1. The summed E-state index contributed by atoms with van der Waals surface area (Å²) in [6.07, 6.45) is -0.157. The summed E-state index contributed by atoms with van der Waals surface area (Å²) in [6.45, 7) is 15.3. The van der Waals surface area contributed by atoms with Gasteiger partial charge in [0.05, 0.1) is 85.3 Å². The van der Waals surface area contributed by atoms with Crippen LogP contribution >= 0.6 is 0 Å². The molecule has 16 heteroatoms. The number of ether oxygens (including phenoxy) is 10. The standard InChI is InChI=1S/C46H69NO15/c1-43(2,3)60-39(49)19-22-56-32-46(33-57-23-20-40(50)61-44(4,5)6,34-58-24-21-41(51)62-45(7,8)9)47-38(48)30-54-27-25-53-26-28-55-31-42(52)59-29-35-15-17-37(18-16-35)36-13-11-10-12-14-36/h10-18H,19-34H2,1-9H3,(H,47,48). The number of esters is 4. The van der Waals surface area contributed by atoms with E-state index in [-0.39, 0.29) is 105 Å². The molecular formula is C46H69NO15. The van der Waals surface area contributed by atoms with Gasteiger partial charge in [-0.1, -0.05) is 54.6 Å². The van der Waals surface area contributed by atoms with Crippen LogP contribution in [0.3, 0.4) is 0 Å². The highest BCUT2D eigenvalue weighted by Crippen LogP contribution is 2.20. The second kappa shape index (κ2) is 27.6. The summed E-state index contributed by atoms with van der Waals surface area (Å²) in [5.74, 6) is -2.43. The fourth-order valence-corrected chi connectivity index (χ4v) is 5.30. The van der Waals surface area contributed by atoms with Crippen LogP contribution in [0.25, 0.3) is 11.1 Å². The summed E-state index contributed by atoms with van der Waals surface area (Å²) in [5, 5.41) is 2.88. The van der Waals surface area contributed by atoms with E-state index >= 15 is 0 Å². The molecule has 0 heterocycles. The lowest BCUT2D eigenvalue weighted by Crippen LogP contribution is -2.59. The van der Waals surface area contributed by atoms with Gasteiger partial charge in [0, 0.05) is 0 Å². The number of hydrogen-bond acceptors (Lipinski definition) is 15. The Balaban J connectivity index is 1.86. The summed E-state index contributed by atoms with van der Waals surface area (Å²) in [4.78, 5) is 62.4. The third kappa shape index (κ3) is 26.8. The predicted octanol–water partition coefficient (Wildman–Crippen LogP) is 5.55. The Bertz CT molecular complexity index is 1540. The summed E-state index contributed by atoms with van der Waals surface area (Å²) >= 11 is 0. The van der Waals surface area contributed by atoms with E-state index in [2.05, 4.69) is 5.32 Å². The normalized spacial score (nSPS) is 12.1. The Kier molecular flexibility index (Phi) is 23.9. The van der Waals surface area contributed by atoms with Crippen LogP contribution in [-0.2, 0) is 77.9 Å². The van der Waals surface area contributed by atoms with Gasteiger partial charge in [-0.3, -0.25) is 19.2 Å². The Morgan fingerprint density at radius 1 is 0.452 bits per heavy atom. The van der Waals surface area contributed by atoms with E-state index in [4.69, 9.17) is 47.4 Å². The van der Waals surface area contributed by atoms with Crippen molar-refractivity contribution >= 4 is 29.8 Å². The first-order valence-corrected chi connectivity index (χ1v) is 20.9. The monoisotopic (exact) mass is 875 g/mol. The Morgan fingerprint density at radius 3 is 1.29 bits per heavy atom. The number of amides is 1. The van der Waals surface area contributed by atoms with Gasteiger partial charge in [0.1, 0.15) is 42.2 Å². The molecule has 0 aliphatic carbocycles. The maximum atomic E-state index is 13.3. The third-order valence-electron chi connectivity index (χ3n) is 7.81. The first-order valence-electron chi connectivity index (χ1n) is 20.9. The molecule has 0 unspecified atom stereocenters. The van der Waals surface area contributed by atoms with Crippen molar-refractivity contribution in [2.75, 3.05) is 79.3 Å². The van der Waals surface area contributed by atoms with E-state index < -0.39 is 52.1 Å². The molecule has 0 aromatic heterocycles. The Hall–Kier alpha value is -4.45. The molecule has 1 N–H and O–H groups in total. The summed E-state index contributed by atoms with van der Waals surface area (Å²) in [6, 6.07) is 17.8. The van der Waals surface area contributed by atoms with Crippen molar-refractivity contribution in [3.05, 3.63) is 60.2 Å². The maximum Gasteiger partial charge on any atom is 0.332 e. The number of benzene rings is 2. The van der Waals surface area contributed by atoms with Gasteiger partial charge in [0.2, 0.25) is 5.91 Å². The van der Waals surface area contributed by atoms with Crippen molar-refractivity contribution in [1.29, 1.82) is 0 Å². The molecule has 0 aliphatic heterocycles. The molecule has 2 aromatic carbocycles. The van der Waals surface area contributed by atoms with Gasteiger partial charge in [-0.15, -0.1) is 0 Å². The van der Waals surface area contributed by atoms with Crippen molar-refractivity contribution in [1.82, 2.24) is 5.32 Å². The minimum atomic E-state index is -1.34. The van der Waals surface area contributed by atoms with Crippen molar-refractivity contribution in [2.45, 2.75) is 111 Å². The Morgan fingerprint density at radius 2 is 0.855 bits per heavy atom.